The molecule has 0 bridgehead atoms. The number of piperidine rings is 1. The van der Waals surface area contributed by atoms with Crippen molar-refractivity contribution in [2.45, 2.75) is 19.4 Å². The molecule has 0 aliphatic carbocycles. The average molecular weight is 313 g/mol. The van der Waals surface area contributed by atoms with E-state index in [0.29, 0.717) is 38.2 Å². The lowest BCUT2D eigenvalue weighted by Gasteiger charge is -2.30. The molecule has 1 aliphatic rings. The minimum Gasteiger partial charge on any atom is -0.459 e. The van der Waals surface area contributed by atoms with Crippen molar-refractivity contribution in [3.05, 3.63) is 54.2 Å². The molecule has 1 saturated heterocycles. The molecule has 0 unspecified atom stereocenters. The molecular weight excluding hydrogens is 294 g/mol. The maximum absolute atomic E-state index is 12.2. The normalized spacial score (nSPS) is 15.4. The molecule has 0 atom stereocenters. The first-order valence-electron chi connectivity index (χ1n) is 7.74. The van der Waals surface area contributed by atoms with Gasteiger partial charge < -0.3 is 14.6 Å². The Labute approximate surface area is 134 Å². The summed E-state index contributed by atoms with van der Waals surface area (Å²) in [5, 5.41) is 2.92. The predicted octanol–water partition coefficient (Wildman–Crippen LogP) is 1.84. The zero-order chi connectivity index (χ0) is 16.1. The van der Waals surface area contributed by atoms with Gasteiger partial charge in [-0.15, -0.1) is 0 Å². The van der Waals surface area contributed by atoms with E-state index < -0.39 is 0 Å². The van der Waals surface area contributed by atoms with E-state index >= 15 is 0 Å². The van der Waals surface area contributed by atoms with E-state index in [2.05, 4.69) is 10.3 Å². The number of hydrogen-bond acceptors (Lipinski definition) is 4. The average Bonchev–Trinajstić information content (AvgIpc) is 3.15. The largest absolute Gasteiger partial charge is 0.459 e. The number of furan rings is 1. The van der Waals surface area contributed by atoms with E-state index in [1.807, 2.05) is 18.2 Å². The van der Waals surface area contributed by atoms with Crippen molar-refractivity contribution >= 4 is 11.8 Å². The third-order valence-electron chi connectivity index (χ3n) is 4.05. The Kier molecular flexibility index (Phi) is 4.71. The number of amides is 2. The van der Waals surface area contributed by atoms with Gasteiger partial charge in [0.05, 0.1) is 18.5 Å². The van der Waals surface area contributed by atoms with Crippen molar-refractivity contribution in [2.75, 3.05) is 13.1 Å². The number of rotatable bonds is 4. The third-order valence-corrected chi connectivity index (χ3v) is 4.05. The van der Waals surface area contributed by atoms with E-state index in [4.69, 9.17) is 4.42 Å². The van der Waals surface area contributed by atoms with Crippen LogP contribution in [0.5, 0.6) is 0 Å². The first-order valence-corrected chi connectivity index (χ1v) is 7.74. The molecular formula is C17H19N3O3. The van der Waals surface area contributed by atoms with Crippen LogP contribution in [0.2, 0.25) is 0 Å². The summed E-state index contributed by atoms with van der Waals surface area (Å²) < 4.78 is 5.13. The molecule has 6 heteroatoms. The second kappa shape index (κ2) is 7.09. The topological polar surface area (TPSA) is 75.4 Å². The molecule has 3 heterocycles. The van der Waals surface area contributed by atoms with E-state index in [1.54, 1.807) is 23.2 Å². The zero-order valence-corrected chi connectivity index (χ0v) is 12.8. The molecule has 6 nitrogen and oxygen atoms in total. The van der Waals surface area contributed by atoms with Crippen LogP contribution in [0, 0.1) is 5.92 Å². The van der Waals surface area contributed by atoms with Gasteiger partial charge in [0, 0.05) is 25.2 Å². The van der Waals surface area contributed by atoms with E-state index in [9.17, 15) is 9.59 Å². The molecule has 3 rings (SSSR count). The van der Waals surface area contributed by atoms with E-state index in [1.165, 1.54) is 6.26 Å². The molecule has 1 aliphatic heterocycles. The van der Waals surface area contributed by atoms with Gasteiger partial charge in [-0.05, 0) is 37.1 Å². The standard InChI is InChI=1S/C17H19N3O3/c21-16(19-12-14-4-1-2-8-18-14)13-6-9-20(10-7-13)17(22)15-5-3-11-23-15/h1-5,8,11,13H,6-7,9-10,12H2,(H,19,21). The Morgan fingerprint density at radius 3 is 2.70 bits per heavy atom. The van der Waals surface area contributed by atoms with Crippen LogP contribution in [-0.2, 0) is 11.3 Å². The Hall–Kier alpha value is -2.63. The Balaban J connectivity index is 1.47. The summed E-state index contributed by atoms with van der Waals surface area (Å²) in [6.07, 6.45) is 4.53. The van der Waals surface area contributed by atoms with Gasteiger partial charge in [-0.2, -0.15) is 0 Å². The fraction of sp³-hybridized carbons (Fsp3) is 0.353. The van der Waals surface area contributed by atoms with Crippen LogP contribution >= 0.6 is 0 Å². The Bertz CT molecular complexity index is 647. The lowest BCUT2D eigenvalue weighted by Crippen LogP contribution is -2.42. The molecule has 120 valence electrons. The monoisotopic (exact) mass is 313 g/mol. The van der Waals surface area contributed by atoms with E-state index in [0.717, 1.165) is 5.69 Å². The number of nitrogens with one attached hydrogen (secondary N) is 1. The van der Waals surface area contributed by atoms with Gasteiger partial charge >= 0.3 is 0 Å². The van der Waals surface area contributed by atoms with Crippen LogP contribution in [0.3, 0.4) is 0 Å². The quantitative estimate of drug-likeness (QED) is 0.934. The summed E-state index contributed by atoms with van der Waals surface area (Å²) in [6, 6.07) is 8.98. The number of nitrogens with zero attached hydrogens (tertiary/aromatic N) is 2. The summed E-state index contributed by atoms with van der Waals surface area (Å²) in [6.45, 7) is 1.58. The van der Waals surface area contributed by atoms with Crippen molar-refractivity contribution in [3.8, 4) is 0 Å². The summed E-state index contributed by atoms with van der Waals surface area (Å²) in [7, 11) is 0. The minimum atomic E-state index is -0.109. The first kappa shape index (κ1) is 15.3. The highest BCUT2D eigenvalue weighted by Crippen LogP contribution is 2.19. The predicted molar refractivity (Wildman–Crippen MR) is 83.4 cm³/mol. The molecule has 0 aromatic carbocycles. The SMILES string of the molecule is O=C(NCc1ccccn1)C1CCN(C(=O)c2ccco2)CC1. The summed E-state index contributed by atoms with van der Waals surface area (Å²) >= 11 is 0. The highest BCUT2D eigenvalue weighted by molar-refractivity contribution is 5.91. The maximum Gasteiger partial charge on any atom is 0.289 e. The Morgan fingerprint density at radius 2 is 2.04 bits per heavy atom. The van der Waals surface area contributed by atoms with Gasteiger partial charge in [0.2, 0.25) is 5.91 Å². The molecule has 2 aromatic heterocycles. The van der Waals surface area contributed by atoms with Crippen LogP contribution in [-0.4, -0.2) is 34.8 Å². The summed E-state index contributed by atoms with van der Waals surface area (Å²) in [4.78, 5) is 30.3. The molecule has 0 radical (unpaired) electrons. The molecule has 1 N–H and O–H groups in total. The fourth-order valence-electron chi connectivity index (χ4n) is 2.73. The third kappa shape index (κ3) is 3.77. The van der Waals surface area contributed by atoms with Gasteiger partial charge in [0.15, 0.2) is 5.76 Å². The molecule has 1 fully saturated rings. The van der Waals surface area contributed by atoms with E-state index in [-0.39, 0.29) is 17.7 Å². The highest BCUT2D eigenvalue weighted by atomic mass is 16.3. The van der Waals surface area contributed by atoms with Crippen LogP contribution in [0.15, 0.2) is 47.2 Å². The second-order valence-corrected chi connectivity index (χ2v) is 5.58. The number of hydrogen-bond donors (Lipinski definition) is 1. The summed E-state index contributed by atoms with van der Waals surface area (Å²) in [5.74, 6) is 0.213. The molecule has 2 aromatic rings. The van der Waals surface area contributed by atoms with Crippen molar-refractivity contribution in [1.82, 2.24) is 15.2 Å². The lowest BCUT2D eigenvalue weighted by atomic mass is 9.95. The zero-order valence-electron chi connectivity index (χ0n) is 12.8. The first-order chi connectivity index (χ1) is 11.2. The second-order valence-electron chi connectivity index (χ2n) is 5.58. The van der Waals surface area contributed by atoms with Crippen LogP contribution in [0.4, 0.5) is 0 Å². The molecule has 2 amide bonds. The van der Waals surface area contributed by atoms with Crippen molar-refractivity contribution < 1.29 is 14.0 Å². The van der Waals surface area contributed by atoms with Crippen LogP contribution < -0.4 is 5.32 Å². The number of carbonyl (C=O) groups is 2. The van der Waals surface area contributed by atoms with Crippen LogP contribution in [0.25, 0.3) is 0 Å². The van der Waals surface area contributed by atoms with Gasteiger partial charge in [0.25, 0.3) is 5.91 Å². The minimum absolute atomic E-state index is 0.0285. The number of pyridine rings is 1. The van der Waals surface area contributed by atoms with Gasteiger partial charge in [-0.25, -0.2) is 0 Å². The Morgan fingerprint density at radius 1 is 1.22 bits per heavy atom. The van der Waals surface area contributed by atoms with Crippen molar-refractivity contribution in [3.63, 3.8) is 0 Å². The molecule has 23 heavy (non-hydrogen) atoms. The lowest BCUT2D eigenvalue weighted by molar-refractivity contribution is -0.126. The van der Waals surface area contributed by atoms with Crippen molar-refractivity contribution in [1.29, 1.82) is 0 Å². The van der Waals surface area contributed by atoms with Gasteiger partial charge in [-0.1, -0.05) is 6.07 Å². The number of likely N-dealkylation sites (tertiary alicyclic amines) is 1. The van der Waals surface area contributed by atoms with Gasteiger partial charge in [-0.3, -0.25) is 14.6 Å². The maximum atomic E-state index is 12.2. The van der Waals surface area contributed by atoms with Crippen molar-refractivity contribution in [2.24, 2.45) is 5.92 Å². The smallest absolute Gasteiger partial charge is 0.289 e. The fourth-order valence-corrected chi connectivity index (χ4v) is 2.73. The van der Waals surface area contributed by atoms with Crippen LogP contribution in [0.1, 0.15) is 29.1 Å². The van der Waals surface area contributed by atoms with Gasteiger partial charge in [0.1, 0.15) is 0 Å². The summed E-state index contributed by atoms with van der Waals surface area (Å²) in [5.41, 5.74) is 0.839. The number of aromatic nitrogens is 1. The molecule has 0 spiro atoms. The highest BCUT2D eigenvalue weighted by Gasteiger charge is 2.28. The molecule has 0 saturated carbocycles. The number of carbonyl (C=O) groups excluding carboxylic acids is 2.